The zero-order valence-electron chi connectivity index (χ0n) is 10.3. The van der Waals surface area contributed by atoms with Crippen LogP contribution in [-0.4, -0.2) is 42.0 Å². The van der Waals surface area contributed by atoms with Gasteiger partial charge in [0.05, 0.1) is 0 Å². The van der Waals surface area contributed by atoms with Crippen LogP contribution in [0.25, 0.3) is 0 Å². The van der Waals surface area contributed by atoms with E-state index in [2.05, 4.69) is 10.8 Å². The Kier molecular flexibility index (Phi) is 2.74. The normalized spacial score (nSPS) is 36.1. The molecule has 3 fully saturated rings. The van der Waals surface area contributed by atoms with Crippen molar-refractivity contribution in [1.29, 1.82) is 0 Å². The molecule has 1 saturated carbocycles. The fourth-order valence-corrected chi connectivity index (χ4v) is 3.70. The number of likely N-dealkylation sites (tertiary alicyclic amines) is 2. The summed E-state index contributed by atoms with van der Waals surface area (Å²) in [5.41, 5.74) is 0. The number of fused-ring (bicyclic) bond motifs is 1. The molecule has 1 aliphatic carbocycles. The first-order valence-electron chi connectivity index (χ1n) is 6.78. The highest BCUT2D eigenvalue weighted by Crippen LogP contribution is 2.41. The lowest BCUT2D eigenvalue weighted by molar-refractivity contribution is 0.169. The maximum absolute atomic E-state index is 12.2. The Bertz CT molecular complexity index is 340. The van der Waals surface area contributed by atoms with E-state index < -0.39 is 0 Å². The Morgan fingerprint density at radius 1 is 1.06 bits per heavy atom. The molecule has 3 rings (SSSR count). The fraction of sp³-hybridized carbons (Fsp3) is 0.786. The van der Waals surface area contributed by atoms with Gasteiger partial charge in [0, 0.05) is 32.1 Å². The zero-order chi connectivity index (χ0) is 11.8. The van der Waals surface area contributed by atoms with Gasteiger partial charge in [-0.25, -0.2) is 4.79 Å². The van der Waals surface area contributed by atoms with Gasteiger partial charge < -0.3 is 9.80 Å². The van der Waals surface area contributed by atoms with E-state index in [1.54, 1.807) is 0 Å². The van der Waals surface area contributed by atoms with Crippen molar-refractivity contribution in [1.82, 2.24) is 9.80 Å². The number of terminal acetylenes is 1. The van der Waals surface area contributed by atoms with Crippen LogP contribution in [0.5, 0.6) is 0 Å². The SMILES string of the molecule is C#CC1CC2CN(C(=O)N3CCCC3)CC2C1. The van der Waals surface area contributed by atoms with Crippen LogP contribution in [0.4, 0.5) is 4.79 Å². The molecule has 0 N–H and O–H groups in total. The Hall–Kier alpha value is -1.17. The van der Waals surface area contributed by atoms with Crippen LogP contribution in [0.3, 0.4) is 0 Å². The molecule has 2 heterocycles. The van der Waals surface area contributed by atoms with E-state index >= 15 is 0 Å². The highest BCUT2D eigenvalue weighted by Gasteiger charge is 2.42. The van der Waals surface area contributed by atoms with Crippen LogP contribution in [0.1, 0.15) is 25.7 Å². The van der Waals surface area contributed by atoms with Gasteiger partial charge in [-0.15, -0.1) is 12.3 Å². The maximum atomic E-state index is 12.2. The summed E-state index contributed by atoms with van der Waals surface area (Å²) in [4.78, 5) is 16.3. The molecule has 0 bridgehead atoms. The van der Waals surface area contributed by atoms with E-state index in [1.165, 1.54) is 12.8 Å². The number of urea groups is 1. The average Bonchev–Trinajstić information content (AvgIpc) is 3.02. The first-order valence-corrected chi connectivity index (χ1v) is 6.78. The van der Waals surface area contributed by atoms with Crippen LogP contribution in [0.2, 0.25) is 0 Å². The van der Waals surface area contributed by atoms with Gasteiger partial charge in [-0.3, -0.25) is 0 Å². The number of amides is 2. The highest BCUT2D eigenvalue weighted by molar-refractivity contribution is 5.75. The maximum Gasteiger partial charge on any atom is 0.320 e. The molecule has 0 aromatic heterocycles. The Balaban J connectivity index is 1.59. The van der Waals surface area contributed by atoms with Crippen LogP contribution >= 0.6 is 0 Å². The highest BCUT2D eigenvalue weighted by atomic mass is 16.2. The lowest BCUT2D eigenvalue weighted by Gasteiger charge is -2.24. The average molecular weight is 232 g/mol. The van der Waals surface area contributed by atoms with Crippen molar-refractivity contribution in [2.75, 3.05) is 26.2 Å². The van der Waals surface area contributed by atoms with E-state index in [4.69, 9.17) is 6.42 Å². The summed E-state index contributed by atoms with van der Waals surface area (Å²) < 4.78 is 0. The smallest absolute Gasteiger partial charge is 0.320 e. The number of hydrogen-bond acceptors (Lipinski definition) is 1. The lowest BCUT2D eigenvalue weighted by atomic mass is 10.0. The largest absolute Gasteiger partial charge is 0.325 e. The number of rotatable bonds is 0. The van der Waals surface area contributed by atoms with Gasteiger partial charge in [-0.2, -0.15) is 0 Å². The lowest BCUT2D eigenvalue weighted by Crippen LogP contribution is -2.41. The second kappa shape index (κ2) is 4.25. The van der Waals surface area contributed by atoms with Crippen molar-refractivity contribution < 1.29 is 4.79 Å². The van der Waals surface area contributed by atoms with E-state index in [-0.39, 0.29) is 6.03 Å². The van der Waals surface area contributed by atoms with E-state index in [9.17, 15) is 4.79 Å². The molecule has 2 saturated heterocycles. The first kappa shape index (κ1) is 11.0. The van der Waals surface area contributed by atoms with Crippen LogP contribution in [-0.2, 0) is 0 Å². The molecule has 92 valence electrons. The van der Waals surface area contributed by atoms with Crippen molar-refractivity contribution in [3.8, 4) is 12.3 Å². The zero-order valence-corrected chi connectivity index (χ0v) is 10.3. The first-order chi connectivity index (χ1) is 8.28. The van der Waals surface area contributed by atoms with Crippen molar-refractivity contribution >= 4 is 6.03 Å². The molecule has 0 radical (unpaired) electrons. The molecule has 3 nitrogen and oxygen atoms in total. The van der Waals surface area contributed by atoms with Gasteiger partial charge >= 0.3 is 6.03 Å². The minimum Gasteiger partial charge on any atom is -0.325 e. The third kappa shape index (κ3) is 1.90. The molecule has 0 spiro atoms. The topological polar surface area (TPSA) is 23.6 Å². The van der Waals surface area contributed by atoms with Gasteiger partial charge in [0.15, 0.2) is 0 Å². The fourth-order valence-electron chi connectivity index (χ4n) is 3.70. The van der Waals surface area contributed by atoms with Gasteiger partial charge in [-0.1, -0.05) is 0 Å². The molecule has 2 atom stereocenters. The molecule has 3 heteroatoms. The van der Waals surface area contributed by atoms with Crippen LogP contribution in [0, 0.1) is 30.1 Å². The van der Waals surface area contributed by atoms with E-state index in [0.29, 0.717) is 17.8 Å². The van der Waals surface area contributed by atoms with Gasteiger partial charge in [0.25, 0.3) is 0 Å². The standard InChI is InChI=1S/C14H20N2O/c1-2-11-7-12-9-16(10-13(12)8-11)14(17)15-5-3-4-6-15/h1,11-13H,3-10H2. The third-order valence-electron chi connectivity index (χ3n) is 4.63. The summed E-state index contributed by atoms with van der Waals surface area (Å²) in [6.45, 7) is 3.80. The Labute approximate surface area is 103 Å². The van der Waals surface area contributed by atoms with Gasteiger partial charge in [0.2, 0.25) is 0 Å². The minimum absolute atomic E-state index is 0.272. The van der Waals surface area contributed by atoms with Gasteiger partial charge in [-0.05, 0) is 37.5 Å². The summed E-state index contributed by atoms with van der Waals surface area (Å²) in [5, 5.41) is 0. The molecule has 0 aromatic carbocycles. The predicted octanol–water partition coefficient (Wildman–Crippen LogP) is 1.79. The molecule has 3 aliphatic rings. The molecule has 17 heavy (non-hydrogen) atoms. The predicted molar refractivity (Wildman–Crippen MR) is 66.3 cm³/mol. The Morgan fingerprint density at radius 3 is 2.18 bits per heavy atom. The third-order valence-corrected chi connectivity index (χ3v) is 4.63. The summed E-state index contributed by atoms with van der Waals surface area (Å²) in [5.74, 6) is 4.68. The number of nitrogens with zero attached hydrogens (tertiary/aromatic N) is 2. The number of hydrogen-bond donors (Lipinski definition) is 0. The number of carbonyl (C=O) groups excluding carboxylic acids is 1. The van der Waals surface area contributed by atoms with Crippen molar-refractivity contribution in [3.05, 3.63) is 0 Å². The van der Waals surface area contributed by atoms with Crippen molar-refractivity contribution in [3.63, 3.8) is 0 Å². The van der Waals surface area contributed by atoms with Crippen LogP contribution < -0.4 is 0 Å². The molecule has 2 amide bonds. The molecule has 0 aromatic rings. The minimum atomic E-state index is 0.272. The van der Waals surface area contributed by atoms with Crippen LogP contribution in [0.15, 0.2) is 0 Å². The Morgan fingerprint density at radius 2 is 1.65 bits per heavy atom. The van der Waals surface area contributed by atoms with Crippen molar-refractivity contribution in [2.45, 2.75) is 25.7 Å². The summed E-state index contributed by atoms with van der Waals surface area (Å²) >= 11 is 0. The summed E-state index contributed by atoms with van der Waals surface area (Å²) in [7, 11) is 0. The van der Waals surface area contributed by atoms with E-state index in [1.807, 2.05) is 4.90 Å². The van der Waals surface area contributed by atoms with E-state index in [0.717, 1.165) is 39.0 Å². The quantitative estimate of drug-likeness (QED) is 0.584. The molecule has 2 aliphatic heterocycles. The number of carbonyl (C=O) groups is 1. The summed E-state index contributed by atoms with van der Waals surface area (Å²) in [6, 6.07) is 0.272. The molecular formula is C14H20N2O. The van der Waals surface area contributed by atoms with Gasteiger partial charge in [0.1, 0.15) is 0 Å². The second-order valence-electron chi connectivity index (χ2n) is 5.74. The monoisotopic (exact) mass is 232 g/mol. The van der Waals surface area contributed by atoms with Crippen molar-refractivity contribution in [2.24, 2.45) is 17.8 Å². The summed E-state index contributed by atoms with van der Waals surface area (Å²) in [6.07, 6.45) is 10.1. The second-order valence-corrected chi connectivity index (χ2v) is 5.74. The molecule has 2 unspecified atom stereocenters. The molecular weight excluding hydrogens is 212 g/mol.